The molecule has 3 aromatic rings. The summed E-state index contributed by atoms with van der Waals surface area (Å²) >= 11 is 0. The van der Waals surface area contributed by atoms with Gasteiger partial charge in [-0.05, 0) is 80.3 Å². The number of benzene rings is 2. The number of nitrogens with zero attached hydrogens (tertiary/aromatic N) is 1. The van der Waals surface area contributed by atoms with Gasteiger partial charge in [0.15, 0.2) is 28.8 Å². The van der Waals surface area contributed by atoms with E-state index in [-0.39, 0.29) is 11.4 Å². The molecule has 2 fully saturated rings. The Kier molecular flexibility index (Phi) is 5.81. The molecule has 2 aromatic carbocycles. The minimum Gasteiger partial charge on any atom is -0.493 e. The quantitative estimate of drug-likeness (QED) is 0.587. The molecule has 5 nitrogen and oxygen atoms in total. The summed E-state index contributed by atoms with van der Waals surface area (Å²) in [5, 5.41) is 3.55. The molecule has 0 radical (unpaired) electrons. The van der Waals surface area contributed by atoms with Crippen molar-refractivity contribution < 1.29 is 18.3 Å². The SMILES string of the molecule is COc1ccc([C@H]2CNC[C@H](Cc3nc4cccc(F)c4o3)C2)cc1OC1CCCC1. The highest BCUT2D eigenvalue weighted by Gasteiger charge is 2.26. The monoisotopic (exact) mass is 424 g/mol. The number of hydrogen-bond donors (Lipinski definition) is 1. The van der Waals surface area contributed by atoms with Crippen LogP contribution in [0.4, 0.5) is 4.39 Å². The van der Waals surface area contributed by atoms with Crippen molar-refractivity contribution in [2.24, 2.45) is 5.92 Å². The fraction of sp³-hybridized carbons (Fsp3) is 0.480. The van der Waals surface area contributed by atoms with Crippen LogP contribution in [-0.4, -0.2) is 31.3 Å². The number of fused-ring (bicyclic) bond motifs is 1. The minimum atomic E-state index is -0.357. The molecule has 6 heteroatoms. The molecule has 0 bridgehead atoms. The summed E-state index contributed by atoms with van der Waals surface area (Å²) in [5.41, 5.74) is 2.09. The van der Waals surface area contributed by atoms with Gasteiger partial charge in [0.1, 0.15) is 5.52 Å². The summed E-state index contributed by atoms with van der Waals surface area (Å²) in [7, 11) is 1.69. The normalized spacial score (nSPS) is 22.1. The Morgan fingerprint density at radius 3 is 2.81 bits per heavy atom. The zero-order valence-electron chi connectivity index (χ0n) is 17.9. The zero-order chi connectivity index (χ0) is 21.2. The lowest BCUT2D eigenvalue weighted by Crippen LogP contribution is -2.36. The van der Waals surface area contributed by atoms with Crippen LogP contribution < -0.4 is 14.8 Å². The largest absolute Gasteiger partial charge is 0.493 e. The van der Waals surface area contributed by atoms with Gasteiger partial charge in [-0.2, -0.15) is 0 Å². The van der Waals surface area contributed by atoms with Gasteiger partial charge in [-0.1, -0.05) is 12.1 Å². The van der Waals surface area contributed by atoms with Crippen LogP contribution >= 0.6 is 0 Å². The van der Waals surface area contributed by atoms with Crippen LogP contribution in [0.15, 0.2) is 40.8 Å². The number of halogens is 1. The first-order chi connectivity index (χ1) is 15.2. The van der Waals surface area contributed by atoms with Crippen molar-refractivity contribution in [3.63, 3.8) is 0 Å². The Hall–Kier alpha value is -2.60. The minimum absolute atomic E-state index is 0.252. The first-order valence-electron chi connectivity index (χ1n) is 11.3. The maximum Gasteiger partial charge on any atom is 0.195 e. The third-order valence-electron chi connectivity index (χ3n) is 6.57. The van der Waals surface area contributed by atoms with Crippen LogP contribution in [0.5, 0.6) is 11.5 Å². The van der Waals surface area contributed by atoms with Gasteiger partial charge in [-0.15, -0.1) is 0 Å². The second-order valence-corrected chi connectivity index (χ2v) is 8.79. The molecule has 0 unspecified atom stereocenters. The standard InChI is InChI=1S/C25H29FN2O3/c1-29-22-10-9-17(13-23(22)30-19-5-2-3-6-19)18-11-16(14-27-15-18)12-24-28-21-8-4-7-20(26)25(21)31-24/h4,7-10,13,16,18-19,27H,2-3,5-6,11-12,14-15H2,1H3/t16-,18+/m0/s1. The molecular weight excluding hydrogens is 395 g/mol. The molecule has 0 spiro atoms. The summed E-state index contributed by atoms with van der Waals surface area (Å²) in [6.07, 6.45) is 6.71. The summed E-state index contributed by atoms with van der Waals surface area (Å²) in [5.74, 6) is 2.64. The molecule has 31 heavy (non-hydrogen) atoms. The van der Waals surface area contributed by atoms with Crippen molar-refractivity contribution >= 4 is 11.1 Å². The molecular formula is C25H29FN2O3. The lowest BCUT2D eigenvalue weighted by Gasteiger charge is -2.30. The molecule has 1 N–H and O–H groups in total. The van der Waals surface area contributed by atoms with Crippen molar-refractivity contribution in [3.8, 4) is 11.5 Å². The predicted molar refractivity (Wildman–Crippen MR) is 117 cm³/mol. The third-order valence-corrected chi connectivity index (χ3v) is 6.57. The number of piperidine rings is 1. The van der Waals surface area contributed by atoms with Crippen molar-refractivity contribution in [1.29, 1.82) is 0 Å². The van der Waals surface area contributed by atoms with E-state index in [1.54, 1.807) is 19.2 Å². The van der Waals surface area contributed by atoms with Crippen LogP contribution in [0.3, 0.4) is 0 Å². The molecule has 1 aromatic heterocycles. The van der Waals surface area contributed by atoms with Gasteiger partial charge < -0.3 is 19.2 Å². The van der Waals surface area contributed by atoms with Crippen molar-refractivity contribution in [2.75, 3.05) is 20.2 Å². The maximum absolute atomic E-state index is 13.9. The molecule has 1 aliphatic heterocycles. The van der Waals surface area contributed by atoms with E-state index in [0.717, 1.165) is 43.9 Å². The molecule has 2 atom stereocenters. The molecule has 0 amide bonds. The van der Waals surface area contributed by atoms with Crippen LogP contribution in [0.25, 0.3) is 11.1 Å². The fourth-order valence-corrected chi connectivity index (χ4v) is 4.96. The number of nitrogens with one attached hydrogen (secondary N) is 1. The lowest BCUT2D eigenvalue weighted by atomic mass is 9.84. The topological polar surface area (TPSA) is 56.5 Å². The first kappa shape index (κ1) is 20.3. The number of ether oxygens (including phenoxy) is 2. The Morgan fingerprint density at radius 2 is 2.00 bits per heavy atom. The Morgan fingerprint density at radius 1 is 1.13 bits per heavy atom. The van der Waals surface area contributed by atoms with Gasteiger partial charge in [-0.3, -0.25) is 0 Å². The maximum atomic E-state index is 13.9. The number of aromatic nitrogens is 1. The number of rotatable bonds is 6. The van der Waals surface area contributed by atoms with Crippen LogP contribution in [0.1, 0.15) is 49.5 Å². The molecule has 2 heterocycles. The zero-order valence-corrected chi connectivity index (χ0v) is 17.9. The van der Waals surface area contributed by atoms with E-state index >= 15 is 0 Å². The van der Waals surface area contributed by atoms with Gasteiger partial charge in [-0.25, -0.2) is 9.37 Å². The van der Waals surface area contributed by atoms with Crippen LogP contribution in [-0.2, 0) is 6.42 Å². The molecule has 164 valence electrons. The van der Waals surface area contributed by atoms with Crippen molar-refractivity contribution in [3.05, 3.63) is 53.7 Å². The van der Waals surface area contributed by atoms with E-state index in [1.807, 2.05) is 6.07 Å². The van der Waals surface area contributed by atoms with Crippen molar-refractivity contribution in [2.45, 2.75) is 50.5 Å². The average molecular weight is 425 g/mol. The van der Waals surface area contributed by atoms with Gasteiger partial charge in [0.2, 0.25) is 0 Å². The number of para-hydroxylation sites is 1. The van der Waals surface area contributed by atoms with E-state index in [2.05, 4.69) is 22.4 Å². The Bertz CT molecular complexity index is 1040. The van der Waals surface area contributed by atoms with E-state index in [4.69, 9.17) is 13.9 Å². The number of methoxy groups -OCH3 is 1. The van der Waals surface area contributed by atoms with Gasteiger partial charge in [0.25, 0.3) is 0 Å². The highest BCUT2D eigenvalue weighted by Crippen LogP contribution is 2.37. The Labute approximate surface area is 181 Å². The van der Waals surface area contributed by atoms with Gasteiger partial charge in [0.05, 0.1) is 13.2 Å². The highest BCUT2D eigenvalue weighted by atomic mass is 19.1. The van der Waals surface area contributed by atoms with Gasteiger partial charge >= 0.3 is 0 Å². The van der Waals surface area contributed by atoms with E-state index < -0.39 is 0 Å². The van der Waals surface area contributed by atoms with Crippen LogP contribution in [0, 0.1) is 11.7 Å². The summed E-state index contributed by atoms with van der Waals surface area (Å²) in [6, 6.07) is 11.2. The number of hydrogen-bond acceptors (Lipinski definition) is 5. The molecule has 1 saturated carbocycles. The first-order valence-corrected chi connectivity index (χ1v) is 11.3. The molecule has 2 aliphatic rings. The second-order valence-electron chi connectivity index (χ2n) is 8.79. The van der Waals surface area contributed by atoms with Crippen molar-refractivity contribution in [1.82, 2.24) is 10.3 Å². The predicted octanol–water partition coefficient (Wildman–Crippen LogP) is 5.23. The second kappa shape index (κ2) is 8.87. The highest BCUT2D eigenvalue weighted by molar-refractivity contribution is 5.72. The van der Waals surface area contributed by atoms with Crippen LogP contribution in [0.2, 0.25) is 0 Å². The third kappa shape index (κ3) is 4.40. The lowest BCUT2D eigenvalue weighted by molar-refractivity contribution is 0.200. The fourth-order valence-electron chi connectivity index (χ4n) is 4.96. The van der Waals surface area contributed by atoms with Gasteiger partial charge in [0, 0.05) is 13.0 Å². The summed E-state index contributed by atoms with van der Waals surface area (Å²) < 4.78 is 31.5. The Balaban J connectivity index is 1.30. The van der Waals surface area contributed by atoms with E-state index in [0.29, 0.717) is 35.8 Å². The summed E-state index contributed by atoms with van der Waals surface area (Å²) in [6.45, 7) is 1.83. The molecule has 5 rings (SSSR count). The smallest absolute Gasteiger partial charge is 0.195 e. The molecule has 1 saturated heterocycles. The number of oxazole rings is 1. The average Bonchev–Trinajstić information content (AvgIpc) is 3.44. The summed E-state index contributed by atoms with van der Waals surface area (Å²) in [4.78, 5) is 4.49. The van der Waals surface area contributed by atoms with E-state index in [9.17, 15) is 4.39 Å². The van der Waals surface area contributed by atoms with E-state index in [1.165, 1.54) is 24.5 Å². The molecule has 1 aliphatic carbocycles.